The highest BCUT2D eigenvalue weighted by Crippen LogP contribution is 2.67. The topological polar surface area (TPSA) is 118 Å². The van der Waals surface area contributed by atoms with Gasteiger partial charge in [0.05, 0.1) is 37.6 Å². The van der Waals surface area contributed by atoms with Gasteiger partial charge in [-0.05, 0) is 55.2 Å². The van der Waals surface area contributed by atoms with E-state index in [1.54, 1.807) is 43.5 Å². The zero-order valence-electron chi connectivity index (χ0n) is 24.8. The minimum absolute atomic E-state index is 0.0537. The van der Waals surface area contributed by atoms with Crippen molar-refractivity contribution in [3.8, 4) is 11.5 Å². The molecule has 0 amide bonds. The van der Waals surface area contributed by atoms with E-state index in [0.717, 1.165) is 30.4 Å². The van der Waals surface area contributed by atoms with Crippen LogP contribution in [0.4, 0.5) is 0 Å². The predicted octanol–water partition coefficient (Wildman–Crippen LogP) is 4.88. The molecule has 9 nitrogen and oxygen atoms in total. The molecule has 0 saturated heterocycles. The van der Waals surface area contributed by atoms with Gasteiger partial charge >= 0.3 is 17.9 Å². The Labute approximate surface area is 251 Å². The van der Waals surface area contributed by atoms with Gasteiger partial charge in [0.15, 0.2) is 17.6 Å². The molecular weight excluding hydrogens is 552 g/mol. The van der Waals surface area contributed by atoms with E-state index in [0.29, 0.717) is 29.9 Å². The number of ether oxygens (including phenoxy) is 5. The van der Waals surface area contributed by atoms with Crippen molar-refractivity contribution in [1.82, 2.24) is 0 Å². The predicted molar refractivity (Wildman–Crippen MR) is 154 cm³/mol. The average Bonchev–Trinajstić information content (AvgIpc) is 3.34. The number of hydrogen-bond donors (Lipinski definition) is 1. The van der Waals surface area contributed by atoms with Crippen LogP contribution in [0, 0.1) is 11.8 Å². The van der Waals surface area contributed by atoms with Crippen molar-refractivity contribution in [2.45, 2.75) is 82.0 Å². The van der Waals surface area contributed by atoms with Crippen LogP contribution in [0.2, 0.25) is 0 Å². The summed E-state index contributed by atoms with van der Waals surface area (Å²) in [6.07, 6.45) is 2.80. The summed E-state index contributed by atoms with van der Waals surface area (Å²) in [5, 5.41) is 12.3. The fourth-order valence-corrected chi connectivity index (χ4v) is 7.46. The van der Waals surface area contributed by atoms with E-state index in [2.05, 4.69) is 6.07 Å². The number of aliphatic hydroxyl groups is 1. The summed E-state index contributed by atoms with van der Waals surface area (Å²) >= 11 is 0. The Kier molecular flexibility index (Phi) is 7.71. The zero-order valence-corrected chi connectivity index (χ0v) is 24.8. The Morgan fingerprint density at radius 1 is 1.07 bits per heavy atom. The van der Waals surface area contributed by atoms with Crippen molar-refractivity contribution in [3.63, 3.8) is 0 Å². The van der Waals surface area contributed by atoms with E-state index in [9.17, 15) is 19.5 Å². The molecule has 4 aliphatic rings. The molecule has 1 saturated carbocycles. The number of esters is 3. The second-order valence-electron chi connectivity index (χ2n) is 12.4. The maximum absolute atomic E-state index is 13.8. The lowest BCUT2D eigenvalue weighted by molar-refractivity contribution is -0.173. The van der Waals surface area contributed by atoms with Crippen molar-refractivity contribution in [2.24, 2.45) is 11.8 Å². The largest absolute Gasteiger partial charge is 0.493 e. The molecule has 1 heterocycles. The van der Waals surface area contributed by atoms with Crippen molar-refractivity contribution in [2.75, 3.05) is 13.7 Å². The van der Waals surface area contributed by atoms with Crippen LogP contribution < -0.4 is 9.47 Å². The fraction of sp³-hybridized carbons (Fsp3) is 0.500. The number of methoxy groups -OCH3 is 1. The van der Waals surface area contributed by atoms with E-state index in [4.69, 9.17) is 23.7 Å². The SMILES string of the molecule is COc1ccc2c3c1O[C@H]1C(OC(=O)[C@@H](OC(=O)CCC(=O)OCC(C)C)c4ccccc4)=CC[C@@]4(O)[C@H](CCC[C@]314)C2. The Bertz CT molecular complexity index is 1450. The molecule has 2 aromatic carbocycles. The Morgan fingerprint density at radius 2 is 1.84 bits per heavy atom. The van der Waals surface area contributed by atoms with E-state index in [-0.39, 0.29) is 37.0 Å². The Hall–Kier alpha value is -3.85. The summed E-state index contributed by atoms with van der Waals surface area (Å²) in [5.41, 5.74) is 0.679. The van der Waals surface area contributed by atoms with Crippen LogP contribution in [-0.4, -0.2) is 48.4 Å². The van der Waals surface area contributed by atoms with Gasteiger partial charge in [-0.2, -0.15) is 0 Å². The molecule has 1 N–H and O–H groups in total. The molecule has 0 unspecified atom stereocenters. The lowest BCUT2D eigenvalue weighted by Gasteiger charge is -2.59. The molecule has 9 heteroatoms. The summed E-state index contributed by atoms with van der Waals surface area (Å²) in [7, 11) is 1.58. The Balaban J connectivity index is 1.26. The van der Waals surface area contributed by atoms with Gasteiger partial charge in [0, 0.05) is 11.1 Å². The summed E-state index contributed by atoms with van der Waals surface area (Å²) in [6.45, 7) is 4.11. The normalized spacial score (nSPS) is 26.9. The monoisotopic (exact) mass is 590 g/mol. The van der Waals surface area contributed by atoms with Gasteiger partial charge in [0.2, 0.25) is 6.10 Å². The van der Waals surface area contributed by atoms with Crippen molar-refractivity contribution >= 4 is 17.9 Å². The molecule has 1 aliphatic heterocycles. The van der Waals surface area contributed by atoms with Gasteiger partial charge in [0.1, 0.15) is 5.76 Å². The first-order valence-electron chi connectivity index (χ1n) is 15.1. The first-order valence-corrected chi connectivity index (χ1v) is 15.1. The number of rotatable bonds is 10. The van der Waals surface area contributed by atoms with E-state index < -0.39 is 41.1 Å². The summed E-state index contributed by atoms with van der Waals surface area (Å²) in [6, 6.07) is 12.6. The molecular formula is C34H38O9. The van der Waals surface area contributed by atoms with Crippen molar-refractivity contribution < 1.29 is 43.2 Å². The quantitative estimate of drug-likeness (QED) is 0.305. The number of carbonyl (C=O) groups is 3. The van der Waals surface area contributed by atoms with Crippen LogP contribution >= 0.6 is 0 Å². The first kappa shape index (κ1) is 29.2. The zero-order chi connectivity index (χ0) is 30.4. The minimum Gasteiger partial charge on any atom is -0.493 e. The van der Waals surface area contributed by atoms with Gasteiger partial charge in [-0.3, -0.25) is 9.59 Å². The molecule has 1 fully saturated rings. The molecule has 5 atom stereocenters. The van der Waals surface area contributed by atoms with Gasteiger partial charge in [-0.1, -0.05) is 56.7 Å². The highest BCUT2D eigenvalue weighted by atomic mass is 16.6. The number of hydrogen-bond acceptors (Lipinski definition) is 9. The van der Waals surface area contributed by atoms with Crippen LogP contribution in [0.1, 0.15) is 75.2 Å². The Morgan fingerprint density at radius 3 is 2.58 bits per heavy atom. The molecule has 3 aliphatic carbocycles. The van der Waals surface area contributed by atoms with Gasteiger partial charge < -0.3 is 28.8 Å². The standard InChI is InChI=1S/C34H38O9/c1-20(2)19-40-26(35)13-14-27(36)42-29(21-8-5-4-6-9-21)32(37)41-25-15-17-34(38)23-10-7-16-33(34)28-22(18-23)11-12-24(39-3)30(28)43-31(25)33/h4-6,8-9,11-12,15,20,23,29,31,38H,7,10,13-14,16-19H2,1-3H3/t23-,29+,31+,33+,34-/m1/s1. The average molecular weight is 591 g/mol. The number of benzene rings is 2. The second-order valence-corrected chi connectivity index (χ2v) is 12.4. The summed E-state index contributed by atoms with van der Waals surface area (Å²) in [5.74, 6) is -0.340. The molecule has 1 spiro atoms. The van der Waals surface area contributed by atoms with Gasteiger partial charge in [-0.15, -0.1) is 0 Å². The van der Waals surface area contributed by atoms with Crippen LogP contribution in [0.15, 0.2) is 54.3 Å². The van der Waals surface area contributed by atoms with Crippen LogP contribution in [0.3, 0.4) is 0 Å². The summed E-state index contributed by atoms with van der Waals surface area (Å²) < 4.78 is 29.0. The van der Waals surface area contributed by atoms with E-state index in [1.807, 2.05) is 19.9 Å². The molecule has 2 aromatic rings. The maximum atomic E-state index is 13.8. The third-order valence-corrected chi connectivity index (χ3v) is 9.36. The molecule has 0 radical (unpaired) electrons. The van der Waals surface area contributed by atoms with E-state index >= 15 is 0 Å². The minimum atomic E-state index is -1.36. The fourth-order valence-electron chi connectivity index (χ4n) is 7.46. The summed E-state index contributed by atoms with van der Waals surface area (Å²) in [4.78, 5) is 38.6. The number of carbonyl (C=O) groups excluding carboxylic acids is 3. The maximum Gasteiger partial charge on any atom is 0.357 e. The van der Waals surface area contributed by atoms with Crippen LogP contribution in [0.5, 0.6) is 11.5 Å². The van der Waals surface area contributed by atoms with Crippen molar-refractivity contribution in [3.05, 3.63) is 71.0 Å². The molecule has 0 aromatic heterocycles. The van der Waals surface area contributed by atoms with Gasteiger partial charge in [-0.25, -0.2) is 4.79 Å². The third-order valence-electron chi connectivity index (χ3n) is 9.36. The lowest BCUT2D eigenvalue weighted by atomic mass is 9.47. The van der Waals surface area contributed by atoms with Crippen LogP contribution in [0.25, 0.3) is 0 Å². The molecule has 6 rings (SSSR count). The van der Waals surface area contributed by atoms with E-state index in [1.165, 1.54) is 0 Å². The lowest BCUT2D eigenvalue weighted by Crippen LogP contribution is -2.67. The van der Waals surface area contributed by atoms with Crippen molar-refractivity contribution in [1.29, 1.82) is 0 Å². The second kappa shape index (κ2) is 11.3. The first-order chi connectivity index (χ1) is 20.7. The highest BCUT2D eigenvalue weighted by molar-refractivity contribution is 5.83. The van der Waals surface area contributed by atoms with Gasteiger partial charge in [0.25, 0.3) is 0 Å². The van der Waals surface area contributed by atoms with Crippen LogP contribution in [-0.2, 0) is 40.4 Å². The molecule has 43 heavy (non-hydrogen) atoms. The smallest absolute Gasteiger partial charge is 0.357 e. The third kappa shape index (κ3) is 4.87. The molecule has 228 valence electrons. The highest BCUT2D eigenvalue weighted by Gasteiger charge is 2.71. The molecule has 2 bridgehead atoms.